The van der Waals surface area contributed by atoms with Gasteiger partial charge >= 0.3 is 5.97 Å². The highest BCUT2D eigenvalue weighted by Crippen LogP contribution is 2.14. The maximum Gasteiger partial charge on any atom is 0.357 e. The Morgan fingerprint density at radius 3 is 2.75 bits per heavy atom. The highest BCUT2D eigenvalue weighted by Gasteiger charge is 2.20. The lowest BCUT2D eigenvalue weighted by Gasteiger charge is -2.22. The van der Waals surface area contributed by atoms with Gasteiger partial charge in [0, 0.05) is 19.0 Å². The van der Waals surface area contributed by atoms with Gasteiger partial charge < -0.3 is 14.4 Å². The molecule has 0 saturated heterocycles. The number of carbonyl (C=O) groups excluding carboxylic acids is 2. The number of alkyl halides is 1. The van der Waals surface area contributed by atoms with E-state index in [1.54, 1.807) is 24.3 Å². The zero-order valence-electron chi connectivity index (χ0n) is 11.6. The van der Waals surface area contributed by atoms with Crippen molar-refractivity contribution in [2.24, 2.45) is 0 Å². The zero-order valence-corrected chi connectivity index (χ0v) is 13.2. The molecule has 0 radical (unpaired) electrons. The molecule has 0 aromatic carbocycles. The summed E-state index contributed by atoms with van der Waals surface area (Å²) in [6.45, 7) is 2.73. The highest BCUT2D eigenvalue weighted by atomic mass is 35.5. The number of esters is 1. The van der Waals surface area contributed by atoms with Gasteiger partial charge in [-0.1, -0.05) is 0 Å². The molecule has 0 N–H and O–H groups in total. The maximum atomic E-state index is 12.0. The number of aromatic nitrogens is 1. The molecule has 1 rings (SSSR count). The molecule has 0 aliphatic carbocycles. The summed E-state index contributed by atoms with van der Waals surface area (Å²) in [6.07, 6.45) is 0. The normalized spacial score (nSPS) is 12.0. The van der Waals surface area contributed by atoms with E-state index in [9.17, 15) is 9.59 Å². The van der Waals surface area contributed by atoms with Gasteiger partial charge in [-0.25, -0.2) is 9.78 Å². The lowest BCUT2D eigenvalue weighted by molar-refractivity contribution is -0.131. The second kappa shape index (κ2) is 8.18. The average molecular weight is 321 g/mol. The second-order valence-electron chi connectivity index (χ2n) is 3.99. The molecular formula is C12H17ClN2O4S. The summed E-state index contributed by atoms with van der Waals surface area (Å²) in [5.74, 6) is -0.688. The van der Waals surface area contributed by atoms with Crippen molar-refractivity contribution in [3.63, 3.8) is 0 Å². The van der Waals surface area contributed by atoms with E-state index < -0.39 is 11.3 Å². The van der Waals surface area contributed by atoms with E-state index in [4.69, 9.17) is 16.3 Å². The number of hydrogen-bond acceptors (Lipinski definition) is 6. The van der Waals surface area contributed by atoms with Crippen LogP contribution in [0.25, 0.3) is 0 Å². The summed E-state index contributed by atoms with van der Waals surface area (Å²) in [4.78, 5) is 29.0. The van der Waals surface area contributed by atoms with Gasteiger partial charge in [-0.05, 0) is 6.92 Å². The quantitative estimate of drug-likeness (QED) is 0.563. The summed E-state index contributed by atoms with van der Waals surface area (Å²) in [6, 6.07) is 0. The molecule has 0 fully saturated rings. The Kier molecular flexibility index (Phi) is 6.90. The number of carbonyl (C=O) groups is 2. The van der Waals surface area contributed by atoms with Crippen molar-refractivity contribution in [2.45, 2.75) is 18.8 Å². The van der Waals surface area contributed by atoms with Crippen LogP contribution in [-0.2, 0) is 20.8 Å². The summed E-state index contributed by atoms with van der Waals surface area (Å²) < 4.78 is 9.56. The Balaban J connectivity index is 2.76. The largest absolute Gasteiger partial charge is 0.464 e. The van der Waals surface area contributed by atoms with E-state index in [0.717, 1.165) is 0 Å². The molecule has 112 valence electrons. The number of nitrogens with zero attached hydrogens (tertiary/aromatic N) is 2. The van der Waals surface area contributed by atoms with Crippen molar-refractivity contribution >= 4 is 34.8 Å². The van der Waals surface area contributed by atoms with E-state index in [1.807, 2.05) is 0 Å². The topological polar surface area (TPSA) is 68.7 Å². The van der Waals surface area contributed by atoms with Crippen LogP contribution in [0, 0.1) is 0 Å². The molecule has 8 heteroatoms. The predicted octanol–water partition coefficient (Wildman–Crippen LogP) is 1.53. The molecule has 1 amide bonds. The van der Waals surface area contributed by atoms with Gasteiger partial charge in [0.05, 0.1) is 20.3 Å². The van der Waals surface area contributed by atoms with Gasteiger partial charge in [-0.2, -0.15) is 0 Å². The average Bonchev–Trinajstić information content (AvgIpc) is 2.90. The van der Waals surface area contributed by atoms with E-state index in [0.29, 0.717) is 24.7 Å². The van der Waals surface area contributed by atoms with Crippen LogP contribution >= 0.6 is 22.9 Å². The smallest absolute Gasteiger partial charge is 0.357 e. The molecule has 0 saturated carbocycles. The molecule has 1 aromatic rings. The number of ether oxygens (including phenoxy) is 2. The number of methoxy groups -OCH3 is 2. The third kappa shape index (κ3) is 4.73. The molecule has 6 nitrogen and oxygen atoms in total. The molecule has 1 heterocycles. The lowest BCUT2D eigenvalue weighted by Crippen LogP contribution is -2.37. The molecule has 0 aliphatic rings. The van der Waals surface area contributed by atoms with Gasteiger partial charge in [0.25, 0.3) is 0 Å². The fourth-order valence-corrected chi connectivity index (χ4v) is 2.38. The fraction of sp³-hybridized carbons (Fsp3) is 0.583. The van der Waals surface area contributed by atoms with Gasteiger partial charge in [-0.15, -0.1) is 22.9 Å². The van der Waals surface area contributed by atoms with E-state index in [-0.39, 0.29) is 11.6 Å². The minimum absolute atomic E-state index is 0.196. The summed E-state index contributed by atoms with van der Waals surface area (Å²) in [5, 5.41) is 1.63. The van der Waals surface area contributed by atoms with Crippen molar-refractivity contribution in [3.8, 4) is 0 Å². The van der Waals surface area contributed by atoms with Crippen molar-refractivity contribution in [1.82, 2.24) is 9.88 Å². The van der Waals surface area contributed by atoms with Crippen molar-refractivity contribution in [1.29, 1.82) is 0 Å². The molecule has 0 bridgehead atoms. The number of rotatable bonds is 7. The van der Waals surface area contributed by atoms with Crippen molar-refractivity contribution in [3.05, 3.63) is 16.1 Å². The molecule has 0 spiro atoms. The predicted molar refractivity (Wildman–Crippen MR) is 76.1 cm³/mol. The SMILES string of the molecule is COCCN(Cc1nc(C(=O)OC)cs1)C(=O)C(C)Cl. The van der Waals surface area contributed by atoms with Gasteiger partial charge in [0.15, 0.2) is 5.69 Å². The Labute approximate surface area is 126 Å². The minimum atomic E-state index is -0.619. The van der Waals surface area contributed by atoms with Crippen LogP contribution in [0.3, 0.4) is 0 Å². The molecule has 0 aliphatic heterocycles. The molecule has 1 unspecified atom stereocenters. The molecule has 1 aromatic heterocycles. The first-order chi connectivity index (χ1) is 9.49. The van der Waals surface area contributed by atoms with Gasteiger partial charge in [0.2, 0.25) is 5.91 Å². The fourth-order valence-electron chi connectivity index (χ4n) is 1.47. The highest BCUT2D eigenvalue weighted by molar-refractivity contribution is 7.09. The molecular weight excluding hydrogens is 304 g/mol. The van der Waals surface area contributed by atoms with Gasteiger partial charge in [-0.3, -0.25) is 4.79 Å². The van der Waals surface area contributed by atoms with Crippen molar-refractivity contribution in [2.75, 3.05) is 27.4 Å². The minimum Gasteiger partial charge on any atom is -0.464 e. The summed E-state index contributed by atoms with van der Waals surface area (Å²) >= 11 is 7.12. The maximum absolute atomic E-state index is 12.0. The van der Waals surface area contributed by atoms with Crippen molar-refractivity contribution < 1.29 is 19.1 Å². The Bertz CT molecular complexity index is 464. The van der Waals surface area contributed by atoms with Crippen LogP contribution in [0.2, 0.25) is 0 Å². The van der Waals surface area contributed by atoms with E-state index >= 15 is 0 Å². The Morgan fingerprint density at radius 1 is 1.50 bits per heavy atom. The number of amides is 1. The third-order valence-electron chi connectivity index (χ3n) is 2.49. The Hall–Kier alpha value is -1.18. The Morgan fingerprint density at radius 2 is 2.20 bits per heavy atom. The first kappa shape index (κ1) is 16.9. The monoisotopic (exact) mass is 320 g/mol. The van der Waals surface area contributed by atoms with Crippen LogP contribution in [0.5, 0.6) is 0 Å². The summed E-state index contributed by atoms with van der Waals surface area (Å²) in [7, 11) is 2.86. The summed E-state index contributed by atoms with van der Waals surface area (Å²) in [5.41, 5.74) is 0.241. The standard InChI is InChI=1S/C12H17ClN2O4S/c1-8(13)11(16)15(4-5-18-2)6-10-14-9(7-20-10)12(17)19-3/h7-8H,4-6H2,1-3H3. The number of hydrogen-bond donors (Lipinski definition) is 0. The van der Waals surface area contributed by atoms with Crippen LogP contribution in [0.15, 0.2) is 5.38 Å². The molecule has 20 heavy (non-hydrogen) atoms. The lowest BCUT2D eigenvalue weighted by atomic mass is 10.3. The second-order valence-corrected chi connectivity index (χ2v) is 5.58. The van der Waals surface area contributed by atoms with Crippen LogP contribution < -0.4 is 0 Å². The number of thiazole rings is 1. The number of halogens is 1. The molecule has 1 atom stereocenters. The third-order valence-corrected chi connectivity index (χ3v) is 3.51. The van der Waals surface area contributed by atoms with Crippen LogP contribution in [0.4, 0.5) is 0 Å². The zero-order chi connectivity index (χ0) is 15.1. The first-order valence-corrected chi connectivity index (χ1v) is 7.25. The van der Waals surface area contributed by atoms with E-state index in [1.165, 1.54) is 18.4 Å². The van der Waals surface area contributed by atoms with E-state index in [2.05, 4.69) is 9.72 Å². The first-order valence-electron chi connectivity index (χ1n) is 5.94. The van der Waals surface area contributed by atoms with Crippen LogP contribution in [-0.4, -0.2) is 54.5 Å². The van der Waals surface area contributed by atoms with Crippen LogP contribution in [0.1, 0.15) is 22.4 Å². The van der Waals surface area contributed by atoms with Gasteiger partial charge in [0.1, 0.15) is 10.4 Å².